The fourth-order valence-electron chi connectivity index (χ4n) is 3.34. The molecule has 5 rings (SSSR count). The second-order valence-electron chi connectivity index (χ2n) is 5.91. The highest BCUT2D eigenvalue weighted by Crippen LogP contribution is 2.29. The van der Waals surface area contributed by atoms with E-state index in [0.717, 1.165) is 38.0 Å². The van der Waals surface area contributed by atoms with E-state index in [2.05, 4.69) is 10.2 Å². The molecule has 0 spiro atoms. The van der Waals surface area contributed by atoms with Gasteiger partial charge in [-0.1, -0.05) is 0 Å². The Morgan fingerprint density at radius 1 is 1.32 bits per heavy atom. The predicted octanol–water partition coefficient (Wildman–Crippen LogP) is 3.19. The lowest BCUT2D eigenvalue weighted by Crippen LogP contribution is -2.57. The molecule has 0 aliphatic carbocycles. The van der Waals surface area contributed by atoms with Gasteiger partial charge in [-0.2, -0.15) is 11.3 Å². The Labute approximate surface area is 132 Å². The molecule has 0 saturated carbocycles. The van der Waals surface area contributed by atoms with Crippen LogP contribution in [0.1, 0.15) is 12.8 Å². The maximum atomic E-state index is 12.0. The van der Waals surface area contributed by atoms with Crippen LogP contribution in [0.3, 0.4) is 0 Å². The van der Waals surface area contributed by atoms with Crippen molar-refractivity contribution >= 4 is 17.4 Å². The third-order valence-corrected chi connectivity index (χ3v) is 5.22. The average Bonchev–Trinajstić information content (AvgIpc) is 3.19. The van der Waals surface area contributed by atoms with Gasteiger partial charge in [0.2, 0.25) is 0 Å². The zero-order chi connectivity index (χ0) is 14.9. The van der Waals surface area contributed by atoms with Gasteiger partial charge in [0.25, 0.3) is 5.95 Å². The quantitative estimate of drug-likeness (QED) is 0.944. The molecule has 2 bridgehead atoms. The van der Waals surface area contributed by atoms with Crippen molar-refractivity contribution in [2.45, 2.75) is 18.9 Å². The summed E-state index contributed by atoms with van der Waals surface area (Å²) in [4.78, 5) is 14.4. The fraction of sp³-hybridized carbons (Fsp3) is 0.438. The summed E-state index contributed by atoms with van der Waals surface area (Å²) >= 11 is 1.60. The normalized spacial score (nSPS) is 26.8. The van der Waals surface area contributed by atoms with Gasteiger partial charge in [-0.25, -0.2) is 4.79 Å². The SMILES string of the molecule is O=C(N[C@H]1CN2CCC1CC2)Oc1ccc(-c2ccsc2)o1. The molecular weight excluding hydrogens is 300 g/mol. The van der Waals surface area contributed by atoms with Crippen molar-refractivity contribution in [1.29, 1.82) is 0 Å². The topological polar surface area (TPSA) is 54.7 Å². The molecule has 1 amide bonds. The van der Waals surface area contributed by atoms with Gasteiger partial charge in [0.1, 0.15) is 5.76 Å². The molecule has 5 nitrogen and oxygen atoms in total. The number of thiophene rings is 1. The summed E-state index contributed by atoms with van der Waals surface area (Å²) in [6.07, 6.45) is 1.90. The van der Waals surface area contributed by atoms with Crippen molar-refractivity contribution in [2.24, 2.45) is 5.92 Å². The zero-order valence-corrected chi connectivity index (χ0v) is 13.0. The first-order valence-electron chi connectivity index (χ1n) is 7.61. The Kier molecular flexibility index (Phi) is 3.63. The number of carbonyl (C=O) groups is 1. The Hall–Kier alpha value is -1.79. The Morgan fingerprint density at radius 2 is 2.18 bits per heavy atom. The molecule has 3 saturated heterocycles. The van der Waals surface area contributed by atoms with Crippen LogP contribution in [0.25, 0.3) is 11.3 Å². The summed E-state index contributed by atoms with van der Waals surface area (Å²) in [5.74, 6) is 1.53. The molecule has 2 aromatic rings. The lowest BCUT2D eigenvalue weighted by Gasteiger charge is -2.44. The van der Waals surface area contributed by atoms with E-state index in [1.165, 1.54) is 0 Å². The Bertz CT molecular complexity index is 644. The highest BCUT2D eigenvalue weighted by atomic mass is 32.1. The Morgan fingerprint density at radius 3 is 2.86 bits per heavy atom. The van der Waals surface area contributed by atoms with Gasteiger partial charge in [0, 0.05) is 29.6 Å². The second kappa shape index (κ2) is 5.78. The number of nitrogens with zero attached hydrogens (tertiary/aromatic N) is 1. The van der Waals surface area contributed by atoms with E-state index in [-0.39, 0.29) is 12.0 Å². The first kappa shape index (κ1) is 13.8. The number of carbonyl (C=O) groups excluding carboxylic acids is 1. The van der Waals surface area contributed by atoms with Gasteiger partial charge in [-0.3, -0.25) is 0 Å². The molecule has 22 heavy (non-hydrogen) atoms. The molecule has 116 valence electrons. The van der Waals surface area contributed by atoms with Crippen LogP contribution in [0, 0.1) is 5.92 Å². The lowest BCUT2D eigenvalue weighted by molar-refractivity contribution is 0.0715. The summed E-state index contributed by atoms with van der Waals surface area (Å²) in [6, 6.07) is 5.67. The van der Waals surface area contributed by atoms with Crippen LogP contribution < -0.4 is 10.1 Å². The summed E-state index contributed by atoms with van der Waals surface area (Å²) in [5.41, 5.74) is 0.998. The second-order valence-corrected chi connectivity index (χ2v) is 6.69. The highest BCUT2D eigenvalue weighted by molar-refractivity contribution is 7.08. The monoisotopic (exact) mass is 318 g/mol. The third-order valence-electron chi connectivity index (χ3n) is 4.54. The maximum Gasteiger partial charge on any atom is 0.415 e. The van der Waals surface area contributed by atoms with Crippen molar-refractivity contribution in [3.05, 3.63) is 29.0 Å². The molecular formula is C16H18N2O3S. The van der Waals surface area contributed by atoms with Crippen LogP contribution >= 0.6 is 11.3 Å². The third kappa shape index (κ3) is 2.76. The van der Waals surface area contributed by atoms with E-state index < -0.39 is 6.09 Å². The standard InChI is InChI=1S/C16H18N2O3S/c19-16(17-13-9-18-6-3-11(13)4-7-18)21-15-2-1-14(20-15)12-5-8-22-10-12/h1-2,5,8,10-11,13H,3-4,6-7,9H2,(H,17,19)/t13-/m0/s1. The van der Waals surface area contributed by atoms with Gasteiger partial charge < -0.3 is 19.4 Å². The number of amides is 1. The van der Waals surface area contributed by atoms with Gasteiger partial charge >= 0.3 is 6.09 Å². The number of nitrogens with one attached hydrogen (secondary N) is 1. The van der Waals surface area contributed by atoms with E-state index in [0.29, 0.717) is 11.7 Å². The molecule has 1 atom stereocenters. The molecule has 0 aromatic carbocycles. The lowest BCUT2D eigenvalue weighted by atomic mass is 9.84. The maximum absolute atomic E-state index is 12.0. The number of hydrogen-bond acceptors (Lipinski definition) is 5. The van der Waals surface area contributed by atoms with E-state index in [1.807, 2.05) is 22.9 Å². The predicted molar refractivity (Wildman–Crippen MR) is 84.1 cm³/mol. The van der Waals surface area contributed by atoms with Crippen LogP contribution in [0.15, 0.2) is 33.4 Å². The van der Waals surface area contributed by atoms with E-state index in [4.69, 9.17) is 9.15 Å². The van der Waals surface area contributed by atoms with Crippen LogP contribution in [-0.2, 0) is 0 Å². The molecule has 0 unspecified atom stereocenters. The number of furan rings is 1. The van der Waals surface area contributed by atoms with E-state index in [9.17, 15) is 4.79 Å². The molecule has 5 heterocycles. The van der Waals surface area contributed by atoms with Crippen LogP contribution in [-0.4, -0.2) is 36.7 Å². The van der Waals surface area contributed by atoms with Gasteiger partial charge in [-0.05, 0) is 49.4 Å². The van der Waals surface area contributed by atoms with E-state index >= 15 is 0 Å². The highest BCUT2D eigenvalue weighted by Gasteiger charge is 2.35. The summed E-state index contributed by atoms with van der Waals surface area (Å²) in [6.45, 7) is 3.23. The first-order chi connectivity index (χ1) is 10.8. The molecule has 2 aromatic heterocycles. The summed E-state index contributed by atoms with van der Waals surface area (Å²) in [7, 11) is 0. The molecule has 3 aliphatic heterocycles. The van der Waals surface area contributed by atoms with Crippen LogP contribution in [0.4, 0.5) is 4.79 Å². The minimum atomic E-state index is -0.426. The van der Waals surface area contributed by atoms with Crippen molar-refractivity contribution < 1.29 is 13.9 Å². The number of fused-ring (bicyclic) bond motifs is 3. The van der Waals surface area contributed by atoms with Crippen LogP contribution in [0.2, 0.25) is 0 Å². The molecule has 0 radical (unpaired) electrons. The van der Waals surface area contributed by atoms with Crippen molar-refractivity contribution in [1.82, 2.24) is 10.2 Å². The Balaban J connectivity index is 1.36. The summed E-state index contributed by atoms with van der Waals surface area (Å²) in [5, 5.41) is 6.96. The fourth-order valence-corrected chi connectivity index (χ4v) is 3.98. The van der Waals surface area contributed by atoms with Gasteiger partial charge in [-0.15, -0.1) is 0 Å². The zero-order valence-electron chi connectivity index (χ0n) is 12.2. The van der Waals surface area contributed by atoms with E-state index in [1.54, 1.807) is 17.4 Å². The first-order valence-corrected chi connectivity index (χ1v) is 8.55. The average molecular weight is 318 g/mol. The minimum Gasteiger partial charge on any atom is -0.425 e. The minimum absolute atomic E-state index is 0.196. The number of ether oxygens (including phenoxy) is 1. The van der Waals surface area contributed by atoms with Crippen molar-refractivity contribution in [3.63, 3.8) is 0 Å². The summed E-state index contributed by atoms with van der Waals surface area (Å²) < 4.78 is 10.8. The number of hydrogen-bond donors (Lipinski definition) is 1. The number of rotatable bonds is 3. The smallest absolute Gasteiger partial charge is 0.415 e. The van der Waals surface area contributed by atoms with Crippen molar-refractivity contribution in [2.75, 3.05) is 19.6 Å². The van der Waals surface area contributed by atoms with Gasteiger partial charge in [0.05, 0.1) is 0 Å². The molecule has 3 fully saturated rings. The molecule has 1 N–H and O–H groups in total. The molecule has 6 heteroatoms. The van der Waals surface area contributed by atoms with Crippen molar-refractivity contribution in [3.8, 4) is 17.3 Å². The van der Waals surface area contributed by atoms with Gasteiger partial charge in [0.15, 0.2) is 0 Å². The largest absolute Gasteiger partial charge is 0.425 e. The molecule has 3 aliphatic rings. The van der Waals surface area contributed by atoms with Crippen LogP contribution in [0.5, 0.6) is 5.95 Å². The number of piperidine rings is 3.